The summed E-state index contributed by atoms with van der Waals surface area (Å²) in [6.07, 6.45) is 5.32. The fourth-order valence-electron chi connectivity index (χ4n) is 2.33. The summed E-state index contributed by atoms with van der Waals surface area (Å²) in [6.45, 7) is 7.56. The van der Waals surface area contributed by atoms with Gasteiger partial charge in [-0.15, -0.1) is 0 Å². The Morgan fingerprint density at radius 2 is 2.10 bits per heavy atom. The Balaban J connectivity index is 2.01. The first-order valence-electron chi connectivity index (χ1n) is 7.56. The number of hydrogen-bond donors (Lipinski definition) is 1. The van der Waals surface area contributed by atoms with Gasteiger partial charge in [-0.3, -0.25) is 4.68 Å². The van der Waals surface area contributed by atoms with Gasteiger partial charge in [0.25, 0.3) is 0 Å². The van der Waals surface area contributed by atoms with Crippen molar-refractivity contribution in [3.05, 3.63) is 12.4 Å². The van der Waals surface area contributed by atoms with E-state index in [0.717, 1.165) is 19.4 Å². The first-order chi connectivity index (χ1) is 9.82. The number of hydrogen-bond acceptors (Lipinski definition) is 4. The third-order valence-corrected chi connectivity index (χ3v) is 5.96. The molecular formula is C14H26N4O2S. The molecule has 1 heterocycles. The van der Waals surface area contributed by atoms with Crippen LogP contribution in [0.2, 0.25) is 0 Å². The molecule has 1 N–H and O–H groups in total. The van der Waals surface area contributed by atoms with Gasteiger partial charge in [0.1, 0.15) is 4.90 Å². The van der Waals surface area contributed by atoms with Crippen molar-refractivity contribution in [1.82, 2.24) is 19.4 Å². The van der Waals surface area contributed by atoms with Crippen molar-refractivity contribution in [2.24, 2.45) is 5.92 Å². The second-order valence-corrected chi connectivity index (χ2v) is 8.14. The van der Waals surface area contributed by atoms with Gasteiger partial charge in [0.15, 0.2) is 0 Å². The maximum Gasteiger partial charge on any atom is 0.246 e. The van der Waals surface area contributed by atoms with Gasteiger partial charge < -0.3 is 5.32 Å². The standard InChI is InChI=1S/C14H26N4O2S/c1-11(2)15-7-8-18-10-14(9-16-18)21(19,20)17(4)12(3)13-5-6-13/h9-13,15H,5-8H2,1-4H3. The summed E-state index contributed by atoms with van der Waals surface area (Å²) in [6, 6.07) is 0.468. The molecule has 0 amide bonds. The van der Waals surface area contributed by atoms with Gasteiger partial charge in [-0.2, -0.15) is 9.40 Å². The van der Waals surface area contributed by atoms with Crippen LogP contribution in [0.15, 0.2) is 17.3 Å². The van der Waals surface area contributed by atoms with Crippen LogP contribution in [0.3, 0.4) is 0 Å². The van der Waals surface area contributed by atoms with Gasteiger partial charge in [0, 0.05) is 31.9 Å². The van der Waals surface area contributed by atoms with Crippen LogP contribution in [-0.4, -0.2) is 48.2 Å². The molecule has 1 atom stereocenters. The highest BCUT2D eigenvalue weighted by molar-refractivity contribution is 7.89. The van der Waals surface area contributed by atoms with Crippen molar-refractivity contribution in [3.63, 3.8) is 0 Å². The minimum atomic E-state index is -3.43. The summed E-state index contributed by atoms with van der Waals surface area (Å²) in [5.41, 5.74) is 0. The Labute approximate surface area is 127 Å². The lowest BCUT2D eigenvalue weighted by Gasteiger charge is -2.23. The molecule has 7 heteroatoms. The molecule has 1 aromatic heterocycles. The van der Waals surface area contributed by atoms with Gasteiger partial charge in [0.2, 0.25) is 10.0 Å². The summed E-state index contributed by atoms with van der Waals surface area (Å²) in [4.78, 5) is 0.280. The summed E-state index contributed by atoms with van der Waals surface area (Å²) in [7, 11) is -1.77. The van der Waals surface area contributed by atoms with Crippen molar-refractivity contribution in [1.29, 1.82) is 0 Å². The number of nitrogens with one attached hydrogen (secondary N) is 1. The number of rotatable bonds is 8. The predicted molar refractivity (Wildman–Crippen MR) is 82.5 cm³/mol. The van der Waals surface area contributed by atoms with E-state index in [4.69, 9.17) is 0 Å². The van der Waals surface area contributed by atoms with Crippen LogP contribution in [0.25, 0.3) is 0 Å². The van der Waals surface area contributed by atoms with Crippen LogP contribution in [0.5, 0.6) is 0 Å². The molecule has 1 saturated carbocycles. The Hall–Kier alpha value is -0.920. The summed E-state index contributed by atoms with van der Waals surface area (Å²) < 4.78 is 28.3. The molecule has 2 rings (SSSR count). The summed E-state index contributed by atoms with van der Waals surface area (Å²) in [5, 5.41) is 7.44. The zero-order valence-corrected chi connectivity index (χ0v) is 14.1. The van der Waals surface area contributed by atoms with E-state index < -0.39 is 10.0 Å². The number of sulfonamides is 1. The summed E-state index contributed by atoms with van der Waals surface area (Å²) in [5.74, 6) is 0.509. The molecule has 21 heavy (non-hydrogen) atoms. The molecule has 6 nitrogen and oxygen atoms in total. The Bertz CT molecular complexity index is 563. The van der Waals surface area contributed by atoms with E-state index in [1.165, 1.54) is 10.5 Å². The van der Waals surface area contributed by atoms with E-state index in [1.807, 2.05) is 6.92 Å². The second-order valence-electron chi connectivity index (χ2n) is 6.15. The molecule has 120 valence electrons. The molecule has 1 aromatic rings. The van der Waals surface area contributed by atoms with E-state index in [-0.39, 0.29) is 10.9 Å². The zero-order valence-electron chi connectivity index (χ0n) is 13.3. The minimum absolute atomic E-state index is 0.0564. The van der Waals surface area contributed by atoms with Crippen molar-refractivity contribution in [2.75, 3.05) is 13.6 Å². The van der Waals surface area contributed by atoms with E-state index in [0.29, 0.717) is 18.5 Å². The van der Waals surface area contributed by atoms with Crippen LogP contribution >= 0.6 is 0 Å². The smallest absolute Gasteiger partial charge is 0.246 e. The molecule has 0 aliphatic heterocycles. The van der Waals surface area contributed by atoms with Crippen molar-refractivity contribution in [3.8, 4) is 0 Å². The van der Waals surface area contributed by atoms with Crippen molar-refractivity contribution >= 4 is 10.0 Å². The number of nitrogens with zero attached hydrogens (tertiary/aromatic N) is 3. The van der Waals surface area contributed by atoms with Crippen LogP contribution < -0.4 is 5.32 Å². The van der Waals surface area contributed by atoms with Gasteiger partial charge in [-0.05, 0) is 25.7 Å². The maximum absolute atomic E-state index is 12.6. The lowest BCUT2D eigenvalue weighted by molar-refractivity contribution is 0.357. The van der Waals surface area contributed by atoms with Crippen LogP contribution in [-0.2, 0) is 16.6 Å². The molecule has 0 spiro atoms. The maximum atomic E-state index is 12.6. The second kappa shape index (κ2) is 6.46. The molecule has 1 aliphatic carbocycles. The van der Waals surface area contributed by atoms with E-state index in [2.05, 4.69) is 24.3 Å². The van der Waals surface area contributed by atoms with E-state index in [1.54, 1.807) is 17.9 Å². The van der Waals surface area contributed by atoms with Crippen molar-refractivity contribution < 1.29 is 8.42 Å². The average Bonchev–Trinajstić information content (AvgIpc) is 3.15. The zero-order chi connectivity index (χ0) is 15.6. The van der Waals surface area contributed by atoms with E-state index >= 15 is 0 Å². The Kier molecular flexibility index (Phi) is 5.06. The molecule has 0 aromatic carbocycles. The molecule has 1 aliphatic rings. The monoisotopic (exact) mass is 314 g/mol. The highest BCUT2D eigenvalue weighted by Crippen LogP contribution is 2.36. The van der Waals surface area contributed by atoms with Crippen LogP contribution in [0.1, 0.15) is 33.6 Å². The average molecular weight is 314 g/mol. The highest BCUT2D eigenvalue weighted by Gasteiger charge is 2.36. The SMILES string of the molecule is CC(C)NCCn1cc(S(=O)(=O)N(C)C(C)C2CC2)cn1. The quantitative estimate of drug-likeness (QED) is 0.785. The first kappa shape index (κ1) is 16.5. The van der Waals surface area contributed by atoms with Gasteiger partial charge in [-0.1, -0.05) is 13.8 Å². The summed E-state index contributed by atoms with van der Waals surface area (Å²) >= 11 is 0. The fraction of sp³-hybridized carbons (Fsp3) is 0.786. The van der Waals surface area contributed by atoms with Gasteiger partial charge in [-0.25, -0.2) is 8.42 Å². The molecule has 0 bridgehead atoms. The first-order valence-corrected chi connectivity index (χ1v) is 9.00. The van der Waals surface area contributed by atoms with Gasteiger partial charge >= 0.3 is 0 Å². The van der Waals surface area contributed by atoms with Crippen LogP contribution in [0.4, 0.5) is 0 Å². The predicted octanol–water partition coefficient (Wildman–Crippen LogP) is 1.30. The minimum Gasteiger partial charge on any atom is -0.313 e. The topological polar surface area (TPSA) is 67.2 Å². The largest absolute Gasteiger partial charge is 0.313 e. The molecule has 1 unspecified atom stereocenters. The van der Waals surface area contributed by atoms with Crippen molar-refractivity contribution in [2.45, 2.75) is 57.1 Å². The molecular weight excluding hydrogens is 288 g/mol. The fourth-order valence-corrected chi connectivity index (χ4v) is 3.71. The van der Waals surface area contributed by atoms with Gasteiger partial charge in [0.05, 0.1) is 12.7 Å². The van der Waals surface area contributed by atoms with Crippen LogP contribution in [0, 0.1) is 5.92 Å². The molecule has 0 radical (unpaired) electrons. The normalized spacial score (nSPS) is 17.6. The third kappa shape index (κ3) is 4.05. The molecule has 1 fully saturated rings. The molecule has 0 saturated heterocycles. The Morgan fingerprint density at radius 3 is 2.67 bits per heavy atom. The van der Waals surface area contributed by atoms with E-state index in [9.17, 15) is 8.42 Å². The highest BCUT2D eigenvalue weighted by atomic mass is 32.2. The lowest BCUT2D eigenvalue weighted by Crippen LogP contribution is -2.36. The third-order valence-electron chi connectivity index (χ3n) is 4.06. The number of aromatic nitrogens is 2. The Morgan fingerprint density at radius 1 is 1.43 bits per heavy atom. The lowest BCUT2D eigenvalue weighted by atomic mass is 10.2.